The van der Waals surface area contributed by atoms with E-state index in [0.717, 1.165) is 83.5 Å². The Morgan fingerprint density at radius 2 is 0.962 bits per heavy atom. The van der Waals surface area contributed by atoms with Gasteiger partial charge in [-0.3, -0.25) is 4.57 Å². The first kappa shape index (κ1) is 46.6. The molecule has 78 heavy (non-hydrogen) atoms. The number of pyridine rings is 1. The van der Waals surface area contributed by atoms with Crippen LogP contribution >= 0.6 is 0 Å². The van der Waals surface area contributed by atoms with Crippen LogP contribution in [0.5, 0.6) is 11.5 Å². The van der Waals surface area contributed by atoms with Crippen molar-refractivity contribution in [1.29, 1.82) is 0 Å². The molecule has 3 heterocycles. The maximum Gasteiger partial charge on any atom is 0.137 e. The molecular weight excluding hydrogens is 949 g/mol. The third-order valence-electron chi connectivity index (χ3n) is 15.6. The Balaban J connectivity index is 0.978. The van der Waals surface area contributed by atoms with Gasteiger partial charge in [0.1, 0.15) is 24.0 Å². The van der Waals surface area contributed by atoms with E-state index in [9.17, 15) is 0 Å². The van der Waals surface area contributed by atoms with E-state index < -0.39 is 6.85 Å². The molecule has 5 nitrogen and oxygen atoms in total. The Hall–Kier alpha value is -8.67. The minimum absolute atomic E-state index is 0.0333. The number of anilines is 4. The summed E-state index contributed by atoms with van der Waals surface area (Å²) >= 11 is 0. The molecule has 12 rings (SSSR count). The Morgan fingerprint density at radius 3 is 1.56 bits per heavy atom. The van der Waals surface area contributed by atoms with Gasteiger partial charge in [-0.25, -0.2) is 4.98 Å². The fourth-order valence-corrected chi connectivity index (χ4v) is 11.2. The van der Waals surface area contributed by atoms with Crippen LogP contribution in [0, 0.1) is 6.85 Å². The molecule has 0 atom stereocenters. The minimum Gasteiger partial charge on any atom is -0.457 e. The molecule has 9 aromatic carbocycles. The van der Waals surface area contributed by atoms with Crippen LogP contribution in [-0.2, 0) is 16.2 Å². The second kappa shape index (κ2) is 19.4. The van der Waals surface area contributed by atoms with Crippen LogP contribution in [0.1, 0.15) is 88.7 Å². The molecule has 0 saturated carbocycles. The predicted molar refractivity (Wildman–Crippen MR) is 330 cm³/mol. The summed E-state index contributed by atoms with van der Waals surface area (Å²) in [5.74, 6) is 1.81. The van der Waals surface area contributed by atoms with Gasteiger partial charge in [-0.15, -0.1) is 0 Å². The zero-order chi connectivity index (χ0) is 56.6. The topological polar surface area (TPSA) is 33.5 Å². The van der Waals surface area contributed by atoms with Gasteiger partial charge in [-0.1, -0.05) is 220 Å². The summed E-state index contributed by atoms with van der Waals surface area (Å²) < 4.78 is 35.9. The van der Waals surface area contributed by atoms with Crippen molar-refractivity contribution in [2.75, 3.05) is 16.5 Å². The van der Waals surface area contributed by atoms with Gasteiger partial charge in [-0.2, -0.15) is 0 Å². The number of rotatable bonds is 9. The lowest BCUT2D eigenvalue weighted by molar-refractivity contribution is 0.483. The largest absolute Gasteiger partial charge is 0.457 e. The third kappa shape index (κ3) is 9.31. The maximum absolute atomic E-state index is 8.88. The number of benzene rings is 9. The predicted octanol–water partition coefficient (Wildman–Crippen LogP) is 20.1. The molecule has 1 aliphatic heterocycles. The molecule has 0 N–H and O–H groups in total. The average Bonchev–Trinajstić information content (AvgIpc) is 4.22. The van der Waals surface area contributed by atoms with E-state index in [-0.39, 0.29) is 21.8 Å². The Morgan fingerprint density at radius 1 is 0.436 bits per heavy atom. The number of hydrogen-bond donors (Lipinski definition) is 0. The highest BCUT2D eigenvalue weighted by Crippen LogP contribution is 2.51. The summed E-state index contributed by atoms with van der Waals surface area (Å²) in [4.78, 5) is 9.95. The van der Waals surface area contributed by atoms with Crippen LogP contribution in [0.25, 0.3) is 72.1 Å². The van der Waals surface area contributed by atoms with Crippen molar-refractivity contribution >= 4 is 44.6 Å². The van der Waals surface area contributed by atoms with Crippen molar-refractivity contribution < 1.29 is 8.85 Å². The van der Waals surface area contributed by atoms with Crippen LogP contribution in [0.4, 0.5) is 22.7 Å². The number of aryl methyl sites for hydroxylation is 1. The first-order valence-electron chi connectivity index (χ1n) is 28.7. The SMILES string of the molecule is [2H]C([2H])([2H])c1cc(-n2c3ccccc3c3c(-c4ccc(C(C)(C)C)cc4)cc(Oc4cccc(N5CN(c6c(-c7ccccc7)cccc6-c6ccc(C(C)(C)C)cc6)c6ccccc65)c4)cc32)ncc1-c1ccc(C(C)(C)C)cc1. The van der Waals surface area contributed by atoms with Gasteiger partial charge >= 0.3 is 0 Å². The lowest BCUT2D eigenvalue weighted by atomic mass is 9.86. The first-order chi connectivity index (χ1) is 38.7. The lowest BCUT2D eigenvalue weighted by Gasteiger charge is -2.27. The van der Waals surface area contributed by atoms with Gasteiger partial charge in [-0.05, 0) is 116 Å². The molecular formula is C73H68N4O. The highest BCUT2D eigenvalue weighted by Gasteiger charge is 2.32. The van der Waals surface area contributed by atoms with E-state index in [1.54, 1.807) is 12.3 Å². The van der Waals surface area contributed by atoms with Crippen molar-refractivity contribution in [2.24, 2.45) is 0 Å². The van der Waals surface area contributed by atoms with Crippen molar-refractivity contribution in [3.8, 4) is 61.8 Å². The molecule has 0 fully saturated rings. The van der Waals surface area contributed by atoms with Crippen LogP contribution in [0.3, 0.4) is 0 Å². The second-order valence-corrected chi connectivity index (χ2v) is 23.9. The number of fused-ring (bicyclic) bond motifs is 4. The van der Waals surface area contributed by atoms with Crippen LogP contribution < -0.4 is 14.5 Å². The molecule has 2 aromatic heterocycles. The van der Waals surface area contributed by atoms with E-state index in [0.29, 0.717) is 29.5 Å². The van der Waals surface area contributed by atoms with Crippen molar-refractivity contribution in [2.45, 2.75) is 85.4 Å². The van der Waals surface area contributed by atoms with E-state index in [1.165, 1.54) is 16.7 Å². The highest BCUT2D eigenvalue weighted by atomic mass is 16.5. The summed E-state index contributed by atoms with van der Waals surface area (Å²) in [5, 5.41) is 2.04. The van der Waals surface area contributed by atoms with Crippen molar-refractivity contribution in [3.63, 3.8) is 0 Å². The zero-order valence-electron chi connectivity index (χ0n) is 49.2. The molecule has 0 saturated heterocycles. The molecule has 11 aromatic rings. The third-order valence-corrected chi connectivity index (χ3v) is 15.6. The van der Waals surface area contributed by atoms with E-state index in [1.807, 2.05) is 24.3 Å². The quantitative estimate of drug-likeness (QED) is 0.144. The molecule has 1 aliphatic rings. The summed E-state index contributed by atoms with van der Waals surface area (Å²) in [6.07, 6.45) is 1.73. The summed E-state index contributed by atoms with van der Waals surface area (Å²) in [5.41, 5.74) is 18.0. The average molecular weight is 1020 g/mol. The zero-order valence-corrected chi connectivity index (χ0v) is 46.2. The van der Waals surface area contributed by atoms with Gasteiger partial charge < -0.3 is 14.5 Å². The number of nitrogens with zero attached hydrogens (tertiary/aromatic N) is 4. The normalized spacial score (nSPS) is 13.6. The van der Waals surface area contributed by atoms with E-state index in [2.05, 4.69) is 259 Å². The molecule has 0 radical (unpaired) electrons. The molecule has 0 bridgehead atoms. The van der Waals surface area contributed by atoms with Crippen LogP contribution in [0.2, 0.25) is 0 Å². The van der Waals surface area contributed by atoms with Gasteiger partial charge in [0.15, 0.2) is 0 Å². The van der Waals surface area contributed by atoms with Gasteiger partial charge in [0.25, 0.3) is 0 Å². The summed E-state index contributed by atoms with van der Waals surface area (Å²) in [6, 6.07) is 74.8. The fraction of sp³-hybridized carbons (Fsp3) is 0.192. The minimum atomic E-state index is -2.42. The Labute approximate surface area is 465 Å². The number of hydrogen-bond acceptors (Lipinski definition) is 4. The Bertz CT molecular complexity index is 4140. The highest BCUT2D eigenvalue weighted by molar-refractivity contribution is 6.16. The molecule has 0 spiro atoms. The van der Waals surface area contributed by atoms with Crippen LogP contribution in [-0.4, -0.2) is 16.2 Å². The molecule has 0 aliphatic carbocycles. The fourth-order valence-electron chi connectivity index (χ4n) is 11.2. The van der Waals surface area contributed by atoms with Gasteiger partial charge in [0.05, 0.1) is 28.1 Å². The van der Waals surface area contributed by atoms with Crippen LogP contribution in [0.15, 0.2) is 219 Å². The molecule has 386 valence electrons. The van der Waals surface area contributed by atoms with E-state index >= 15 is 0 Å². The number of ether oxygens (including phenoxy) is 1. The number of para-hydroxylation sites is 4. The molecule has 0 unspecified atom stereocenters. The first-order valence-corrected chi connectivity index (χ1v) is 27.2. The second-order valence-electron chi connectivity index (χ2n) is 23.9. The summed E-state index contributed by atoms with van der Waals surface area (Å²) in [7, 11) is 0. The molecule has 0 amide bonds. The van der Waals surface area contributed by atoms with Gasteiger partial charge in [0, 0.05) is 55.6 Å². The van der Waals surface area contributed by atoms with Gasteiger partial charge in [0.2, 0.25) is 0 Å². The molecule has 5 heteroatoms. The maximum atomic E-state index is 8.88. The smallest absolute Gasteiger partial charge is 0.137 e. The standard InChI is InChI=1S/C73H68N4O/c1-48-42-68(74-46-63(48)52-34-40-55(41-35-52)73(8,9)10)77-64-27-15-14-24-61(64)69-62(51-32-38-54(39-33-51)72(5,6)7)44-58(45-67(69)77)78-57-23-18-22-56(43-57)75-47-76(66-29-17-16-28-65(66)75)70-59(49-20-12-11-13-21-49)25-19-26-60(70)50-30-36-53(37-31-50)71(2,3)4/h11-46H,47H2,1-10H3/i1D3. The van der Waals surface area contributed by atoms with E-state index in [4.69, 9.17) is 13.8 Å². The lowest BCUT2D eigenvalue weighted by Crippen LogP contribution is -2.25. The monoisotopic (exact) mass is 1020 g/mol. The van der Waals surface area contributed by atoms with Crippen molar-refractivity contribution in [3.05, 3.63) is 241 Å². The van der Waals surface area contributed by atoms with Crippen molar-refractivity contribution in [1.82, 2.24) is 9.55 Å². The number of aromatic nitrogens is 2. The Kier molecular flexibility index (Phi) is 11.6. The summed E-state index contributed by atoms with van der Waals surface area (Å²) in [6.45, 7) is 18.1.